The second-order valence-corrected chi connectivity index (χ2v) is 8.53. The summed E-state index contributed by atoms with van der Waals surface area (Å²) in [6.45, 7) is 0.585. The van der Waals surface area contributed by atoms with Crippen molar-refractivity contribution in [2.24, 2.45) is 5.92 Å². The Kier molecular flexibility index (Phi) is 6.53. The van der Waals surface area contributed by atoms with Crippen LogP contribution in [-0.2, 0) is 24.5 Å². The first-order valence-corrected chi connectivity index (χ1v) is 11.0. The van der Waals surface area contributed by atoms with E-state index in [2.05, 4.69) is 5.32 Å². The third kappa shape index (κ3) is 4.66. The van der Waals surface area contributed by atoms with Crippen molar-refractivity contribution >= 4 is 23.5 Å². The fourth-order valence-electron chi connectivity index (χ4n) is 4.42. The van der Waals surface area contributed by atoms with Gasteiger partial charge < -0.3 is 15.0 Å². The summed E-state index contributed by atoms with van der Waals surface area (Å²) in [5, 5.41) is 2.91. The van der Waals surface area contributed by atoms with Gasteiger partial charge in [0.15, 0.2) is 6.61 Å². The minimum Gasteiger partial charge on any atom is -0.455 e. The van der Waals surface area contributed by atoms with E-state index in [0.29, 0.717) is 38.8 Å². The first-order chi connectivity index (χ1) is 15.5. The molecule has 2 amide bonds. The average molecular weight is 438 g/mol. The van der Waals surface area contributed by atoms with Gasteiger partial charge in [0, 0.05) is 24.7 Å². The smallest absolute Gasteiger partial charge is 0.317 e. The number of para-hydroxylation sites is 1. The molecule has 1 saturated carbocycles. The van der Waals surface area contributed by atoms with E-state index >= 15 is 0 Å². The largest absolute Gasteiger partial charge is 0.455 e. The molecule has 1 aliphatic carbocycles. The second-order valence-electron chi connectivity index (χ2n) is 8.53. The van der Waals surface area contributed by atoms with Gasteiger partial charge in [0.1, 0.15) is 5.82 Å². The fourth-order valence-corrected chi connectivity index (χ4v) is 4.42. The van der Waals surface area contributed by atoms with E-state index in [-0.39, 0.29) is 30.2 Å². The second kappa shape index (κ2) is 9.51. The Hall–Kier alpha value is -3.22. The molecule has 2 aromatic carbocycles. The van der Waals surface area contributed by atoms with E-state index in [1.54, 1.807) is 17.0 Å². The molecular formula is C25H27FN2O4. The lowest BCUT2D eigenvalue weighted by molar-refractivity contribution is -0.160. The Morgan fingerprint density at radius 2 is 1.66 bits per heavy atom. The normalized spacial score (nSPS) is 17.8. The zero-order chi connectivity index (χ0) is 22.6. The van der Waals surface area contributed by atoms with Gasteiger partial charge in [-0.1, -0.05) is 36.8 Å². The highest BCUT2D eigenvalue weighted by atomic mass is 19.1. The molecule has 2 aromatic rings. The molecular weight excluding hydrogens is 411 g/mol. The van der Waals surface area contributed by atoms with Crippen molar-refractivity contribution in [3.05, 3.63) is 66.0 Å². The molecule has 1 saturated heterocycles. The van der Waals surface area contributed by atoms with Gasteiger partial charge in [-0.15, -0.1) is 0 Å². The molecule has 7 heteroatoms. The third-order valence-electron chi connectivity index (χ3n) is 6.58. The van der Waals surface area contributed by atoms with Crippen molar-refractivity contribution in [2.45, 2.75) is 37.5 Å². The molecule has 2 fully saturated rings. The highest BCUT2D eigenvalue weighted by Gasteiger charge is 2.47. The van der Waals surface area contributed by atoms with Crippen molar-refractivity contribution in [2.75, 3.05) is 25.0 Å². The van der Waals surface area contributed by atoms with Crippen LogP contribution in [0.2, 0.25) is 0 Å². The van der Waals surface area contributed by atoms with Gasteiger partial charge in [0.2, 0.25) is 5.91 Å². The fraction of sp³-hybridized carbons (Fsp3) is 0.400. The number of nitrogens with zero attached hydrogens (tertiary/aromatic N) is 1. The number of piperidine rings is 1. The third-order valence-corrected chi connectivity index (χ3v) is 6.58. The number of hydrogen-bond donors (Lipinski definition) is 1. The SMILES string of the molecule is O=C(Nc1ccccc1)C1CCN(C(=O)COC(=O)C2(c3ccc(F)cc3)CCC2)CC1. The van der Waals surface area contributed by atoms with Crippen LogP contribution in [0.25, 0.3) is 0 Å². The van der Waals surface area contributed by atoms with Gasteiger partial charge in [0.05, 0.1) is 5.41 Å². The van der Waals surface area contributed by atoms with E-state index in [1.807, 2.05) is 30.3 Å². The van der Waals surface area contributed by atoms with Crippen LogP contribution >= 0.6 is 0 Å². The van der Waals surface area contributed by atoms with Crippen molar-refractivity contribution in [3.8, 4) is 0 Å². The lowest BCUT2D eigenvalue weighted by Crippen LogP contribution is -2.46. The van der Waals surface area contributed by atoms with Gasteiger partial charge in [0.25, 0.3) is 5.91 Å². The summed E-state index contributed by atoms with van der Waals surface area (Å²) in [6.07, 6.45) is 3.29. The van der Waals surface area contributed by atoms with Gasteiger partial charge in [-0.05, 0) is 55.5 Å². The van der Waals surface area contributed by atoms with Crippen LogP contribution in [0.4, 0.5) is 10.1 Å². The van der Waals surface area contributed by atoms with E-state index < -0.39 is 11.4 Å². The number of rotatable bonds is 6. The summed E-state index contributed by atoms with van der Waals surface area (Å²) in [5.41, 5.74) is 0.707. The summed E-state index contributed by atoms with van der Waals surface area (Å²) in [7, 11) is 0. The minimum atomic E-state index is -0.781. The minimum absolute atomic E-state index is 0.0408. The van der Waals surface area contributed by atoms with E-state index in [0.717, 1.165) is 17.7 Å². The highest BCUT2D eigenvalue weighted by molar-refractivity contribution is 5.93. The van der Waals surface area contributed by atoms with Gasteiger partial charge in [-0.2, -0.15) is 0 Å². The van der Waals surface area contributed by atoms with E-state index in [9.17, 15) is 18.8 Å². The van der Waals surface area contributed by atoms with Crippen molar-refractivity contribution in [1.82, 2.24) is 4.90 Å². The number of halogens is 1. The number of esters is 1. The Bertz CT molecular complexity index is 965. The Morgan fingerprint density at radius 1 is 1.00 bits per heavy atom. The van der Waals surface area contributed by atoms with Crippen LogP contribution in [-0.4, -0.2) is 42.4 Å². The zero-order valence-corrected chi connectivity index (χ0v) is 17.9. The number of hydrogen-bond acceptors (Lipinski definition) is 4. The van der Waals surface area contributed by atoms with Crippen molar-refractivity contribution in [3.63, 3.8) is 0 Å². The maximum absolute atomic E-state index is 13.3. The maximum Gasteiger partial charge on any atom is 0.317 e. The molecule has 0 unspecified atom stereocenters. The predicted molar refractivity (Wildman–Crippen MR) is 117 cm³/mol. The van der Waals surface area contributed by atoms with Gasteiger partial charge in [-0.25, -0.2) is 4.39 Å². The zero-order valence-electron chi connectivity index (χ0n) is 17.9. The molecule has 168 valence electrons. The Labute approximate surface area is 186 Å². The van der Waals surface area contributed by atoms with Crippen LogP contribution in [0.15, 0.2) is 54.6 Å². The summed E-state index contributed by atoms with van der Waals surface area (Å²) in [5.74, 6) is -1.23. The van der Waals surface area contributed by atoms with Crippen molar-refractivity contribution in [1.29, 1.82) is 0 Å². The predicted octanol–water partition coefficient (Wildman–Crippen LogP) is 3.67. The first kappa shape index (κ1) is 22.0. The van der Waals surface area contributed by atoms with Gasteiger partial charge in [-0.3, -0.25) is 14.4 Å². The van der Waals surface area contributed by atoms with Gasteiger partial charge >= 0.3 is 5.97 Å². The monoisotopic (exact) mass is 438 g/mol. The Balaban J connectivity index is 1.25. The van der Waals surface area contributed by atoms with E-state index in [4.69, 9.17) is 4.74 Å². The summed E-state index contributed by atoms with van der Waals surface area (Å²) in [6, 6.07) is 15.2. The molecule has 1 N–H and O–H groups in total. The van der Waals surface area contributed by atoms with Crippen LogP contribution in [0, 0.1) is 11.7 Å². The molecule has 0 spiro atoms. The van der Waals surface area contributed by atoms with Crippen LogP contribution in [0.1, 0.15) is 37.7 Å². The average Bonchev–Trinajstić information content (AvgIpc) is 2.78. The number of benzene rings is 2. The molecule has 32 heavy (non-hydrogen) atoms. The quantitative estimate of drug-likeness (QED) is 0.699. The Morgan fingerprint density at radius 3 is 2.25 bits per heavy atom. The topological polar surface area (TPSA) is 75.7 Å². The molecule has 6 nitrogen and oxygen atoms in total. The number of ether oxygens (including phenoxy) is 1. The number of carbonyl (C=O) groups excluding carboxylic acids is 3. The molecule has 0 radical (unpaired) electrons. The van der Waals surface area contributed by atoms with E-state index in [1.165, 1.54) is 12.1 Å². The van der Waals surface area contributed by atoms with Crippen LogP contribution in [0.5, 0.6) is 0 Å². The molecule has 1 heterocycles. The standard InChI is InChI=1S/C25H27FN2O4/c26-20-9-7-19(8-10-20)25(13-4-14-25)24(31)32-17-22(29)28-15-11-18(12-16-28)23(30)27-21-5-2-1-3-6-21/h1-3,5-10,18H,4,11-17H2,(H,27,30). The summed E-state index contributed by atoms with van der Waals surface area (Å²) in [4.78, 5) is 39.5. The molecule has 0 aromatic heterocycles. The number of carbonyl (C=O) groups is 3. The number of amides is 2. The molecule has 2 aliphatic rings. The molecule has 0 atom stereocenters. The van der Waals surface area contributed by atoms with Crippen molar-refractivity contribution < 1.29 is 23.5 Å². The van der Waals surface area contributed by atoms with Crippen LogP contribution < -0.4 is 5.32 Å². The molecule has 4 rings (SSSR count). The molecule has 0 bridgehead atoms. The molecule has 1 aliphatic heterocycles. The first-order valence-electron chi connectivity index (χ1n) is 11.0. The number of anilines is 1. The lowest BCUT2D eigenvalue weighted by atomic mass is 9.64. The summed E-state index contributed by atoms with van der Waals surface area (Å²) < 4.78 is 18.7. The lowest BCUT2D eigenvalue weighted by Gasteiger charge is -2.39. The maximum atomic E-state index is 13.3. The number of likely N-dealkylation sites (tertiary alicyclic amines) is 1. The summed E-state index contributed by atoms with van der Waals surface area (Å²) >= 11 is 0. The number of nitrogens with one attached hydrogen (secondary N) is 1. The highest BCUT2D eigenvalue weighted by Crippen LogP contribution is 2.44. The van der Waals surface area contributed by atoms with Crippen LogP contribution in [0.3, 0.4) is 0 Å².